The highest BCUT2D eigenvalue weighted by Crippen LogP contribution is 2.29. The van der Waals surface area contributed by atoms with E-state index in [2.05, 4.69) is 23.7 Å². The smallest absolute Gasteiger partial charge is 0.348 e. The van der Waals surface area contributed by atoms with Crippen molar-refractivity contribution in [1.29, 1.82) is 0 Å². The van der Waals surface area contributed by atoms with Crippen molar-refractivity contribution in [1.82, 2.24) is 9.88 Å². The number of rotatable bonds is 8. The first-order valence-electron chi connectivity index (χ1n) is 7.66. The van der Waals surface area contributed by atoms with E-state index in [1.807, 2.05) is 30.3 Å². The van der Waals surface area contributed by atoms with Gasteiger partial charge in [0, 0.05) is 5.56 Å². The van der Waals surface area contributed by atoms with E-state index in [1.54, 1.807) is 0 Å². The Hall–Kier alpha value is -1.72. The quantitative estimate of drug-likeness (QED) is 0.795. The number of carboxylic acids is 1. The number of hydrogen-bond donors (Lipinski definition) is 1. The third-order valence-corrected chi connectivity index (χ3v) is 4.58. The Balaban J connectivity index is 2.25. The van der Waals surface area contributed by atoms with Gasteiger partial charge in [0.05, 0.1) is 12.2 Å². The van der Waals surface area contributed by atoms with Crippen molar-refractivity contribution in [3.8, 4) is 11.3 Å². The summed E-state index contributed by atoms with van der Waals surface area (Å²) in [7, 11) is 0. The van der Waals surface area contributed by atoms with Gasteiger partial charge in [-0.3, -0.25) is 4.90 Å². The van der Waals surface area contributed by atoms with Crippen molar-refractivity contribution in [3.63, 3.8) is 0 Å². The molecule has 0 bridgehead atoms. The van der Waals surface area contributed by atoms with E-state index in [4.69, 9.17) is 0 Å². The molecule has 1 heterocycles. The monoisotopic (exact) mass is 318 g/mol. The molecular formula is C17H22N2O2S. The van der Waals surface area contributed by atoms with Crippen LogP contribution in [0.2, 0.25) is 0 Å². The van der Waals surface area contributed by atoms with E-state index in [0.717, 1.165) is 36.5 Å². The lowest BCUT2D eigenvalue weighted by molar-refractivity contribution is 0.0702. The SMILES string of the molecule is CCCCN(CC)Cc1nc(-c2ccccc2)c(C(=O)O)s1. The summed E-state index contributed by atoms with van der Waals surface area (Å²) in [6.07, 6.45) is 2.31. The molecule has 0 spiro atoms. The lowest BCUT2D eigenvalue weighted by atomic mass is 10.1. The molecule has 1 aromatic carbocycles. The van der Waals surface area contributed by atoms with Crippen LogP contribution in [0.25, 0.3) is 11.3 Å². The van der Waals surface area contributed by atoms with E-state index < -0.39 is 5.97 Å². The summed E-state index contributed by atoms with van der Waals surface area (Å²) < 4.78 is 0. The normalized spacial score (nSPS) is 11.0. The van der Waals surface area contributed by atoms with Gasteiger partial charge in [0.15, 0.2) is 0 Å². The second-order valence-electron chi connectivity index (χ2n) is 5.18. The van der Waals surface area contributed by atoms with Crippen LogP contribution >= 0.6 is 11.3 Å². The zero-order chi connectivity index (χ0) is 15.9. The van der Waals surface area contributed by atoms with Gasteiger partial charge in [-0.15, -0.1) is 11.3 Å². The first kappa shape index (κ1) is 16.6. The zero-order valence-corrected chi connectivity index (χ0v) is 13.9. The van der Waals surface area contributed by atoms with Gasteiger partial charge in [-0.25, -0.2) is 9.78 Å². The van der Waals surface area contributed by atoms with E-state index in [-0.39, 0.29) is 0 Å². The Labute approximate surface area is 135 Å². The largest absolute Gasteiger partial charge is 0.477 e. The first-order chi connectivity index (χ1) is 10.7. The van der Waals surface area contributed by atoms with Crippen LogP contribution < -0.4 is 0 Å². The van der Waals surface area contributed by atoms with Crippen LogP contribution in [-0.2, 0) is 6.54 Å². The summed E-state index contributed by atoms with van der Waals surface area (Å²) in [6, 6.07) is 9.53. The minimum atomic E-state index is -0.904. The molecule has 2 rings (SSSR count). The Bertz CT molecular complexity index is 610. The van der Waals surface area contributed by atoms with Crippen molar-refractivity contribution in [2.45, 2.75) is 33.2 Å². The molecule has 0 aliphatic carbocycles. The van der Waals surface area contributed by atoms with E-state index in [9.17, 15) is 9.90 Å². The fraction of sp³-hybridized carbons (Fsp3) is 0.412. The number of carbonyl (C=O) groups is 1. The van der Waals surface area contributed by atoms with Crippen molar-refractivity contribution < 1.29 is 9.90 Å². The number of unbranched alkanes of at least 4 members (excludes halogenated alkanes) is 1. The molecular weight excluding hydrogens is 296 g/mol. The van der Waals surface area contributed by atoms with Crippen LogP contribution in [-0.4, -0.2) is 34.0 Å². The van der Waals surface area contributed by atoms with E-state index in [0.29, 0.717) is 17.1 Å². The maximum atomic E-state index is 11.5. The molecule has 22 heavy (non-hydrogen) atoms. The second-order valence-corrected chi connectivity index (χ2v) is 6.26. The van der Waals surface area contributed by atoms with Crippen LogP contribution in [0.3, 0.4) is 0 Å². The Kier molecular flexibility index (Phi) is 6.10. The highest BCUT2D eigenvalue weighted by Gasteiger charge is 2.19. The number of nitrogens with zero attached hydrogens (tertiary/aromatic N) is 2. The third-order valence-electron chi connectivity index (χ3n) is 3.55. The summed E-state index contributed by atoms with van der Waals surface area (Å²) in [4.78, 5) is 18.7. The molecule has 4 nitrogen and oxygen atoms in total. The lowest BCUT2D eigenvalue weighted by Gasteiger charge is -2.18. The summed E-state index contributed by atoms with van der Waals surface area (Å²) in [6.45, 7) is 6.99. The van der Waals surface area contributed by atoms with Gasteiger partial charge in [-0.2, -0.15) is 0 Å². The molecule has 0 atom stereocenters. The van der Waals surface area contributed by atoms with Gasteiger partial charge in [0.1, 0.15) is 9.88 Å². The molecule has 1 N–H and O–H groups in total. The summed E-state index contributed by atoms with van der Waals surface area (Å²) in [5, 5.41) is 10.3. The van der Waals surface area contributed by atoms with Gasteiger partial charge in [-0.05, 0) is 19.5 Å². The maximum Gasteiger partial charge on any atom is 0.348 e. The molecule has 118 valence electrons. The number of benzene rings is 1. The van der Waals surface area contributed by atoms with Gasteiger partial charge >= 0.3 is 5.97 Å². The number of carboxylic acid groups (broad SMARTS) is 1. The summed E-state index contributed by atoms with van der Waals surface area (Å²) in [5.74, 6) is -0.904. The standard InChI is InChI=1S/C17H22N2O2S/c1-3-5-11-19(4-2)12-14-18-15(16(22-14)17(20)21)13-9-7-6-8-10-13/h6-10H,3-5,11-12H2,1-2H3,(H,20,21). The van der Waals surface area contributed by atoms with Crippen LogP contribution in [0, 0.1) is 0 Å². The van der Waals surface area contributed by atoms with Gasteiger partial charge in [-0.1, -0.05) is 50.6 Å². The predicted octanol–water partition coefficient (Wildman–Crippen LogP) is 4.13. The molecule has 2 aromatic rings. The minimum Gasteiger partial charge on any atom is -0.477 e. The number of thiazole rings is 1. The average Bonchev–Trinajstić information content (AvgIpc) is 2.96. The number of aromatic carboxylic acids is 1. The van der Waals surface area contributed by atoms with Gasteiger partial charge in [0.2, 0.25) is 0 Å². The van der Waals surface area contributed by atoms with Gasteiger partial charge < -0.3 is 5.11 Å². The van der Waals surface area contributed by atoms with Gasteiger partial charge in [0.25, 0.3) is 0 Å². The minimum absolute atomic E-state index is 0.327. The Morgan fingerprint density at radius 3 is 2.59 bits per heavy atom. The molecule has 5 heteroatoms. The highest BCUT2D eigenvalue weighted by atomic mass is 32.1. The Morgan fingerprint density at radius 2 is 2.00 bits per heavy atom. The molecule has 0 amide bonds. The fourth-order valence-corrected chi connectivity index (χ4v) is 3.26. The summed E-state index contributed by atoms with van der Waals surface area (Å²) in [5.41, 5.74) is 1.44. The fourth-order valence-electron chi connectivity index (χ4n) is 2.29. The predicted molar refractivity (Wildman–Crippen MR) is 90.4 cm³/mol. The van der Waals surface area contributed by atoms with Crippen molar-refractivity contribution in [2.75, 3.05) is 13.1 Å². The Morgan fingerprint density at radius 1 is 1.27 bits per heavy atom. The topological polar surface area (TPSA) is 53.4 Å². The first-order valence-corrected chi connectivity index (χ1v) is 8.48. The molecule has 0 radical (unpaired) electrons. The van der Waals surface area contributed by atoms with Crippen LogP contribution in [0.1, 0.15) is 41.4 Å². The highest BCUT2D eigenvalue weighted by molar-refractivity contribution is 7.14. The van der Waals surface area contributed by atoms with Crippen LogP contribution in [0.15, 0.2) is 30.3 Å². The molecule has 0 aliphatic rings. The van der Waals surface area contributed by atoms with Crippen molar-refractivity contribution in [2.24, 2.45) is 0 Å². The molecule has 0 aliphatic heterocycles. The number of hydrogen-bond acceptors (Lipinski definition) is 4. The zero-order valence-electron chi connectivity index (χ0n) is 13.1. The molecule has 1 aromatic heterocycles. The molecule has 0 unspecified atom stereocenters. The van der Waals surface area contributed by atoms with E-state index in [1.165, 1.54) is 11.3 Å². The van der Waals surface area contributed by atoms with E-state index >= 15 is 0 Å². The molecule has 0 fully saturated rings. The maximum absolute atomic E-state index is 11.5. The van der Waals surface area contributed by atoms with Crippen LogP contribution in [0.4, 0.5) is 0 Å². The molecule has 0 saturated carbocycles. The van der Waals surface area contributed by atoms with Crippen molar-refractivity contribution in [3.05, 3.63) is 40.2 Å². The van der Waals surface area contributed by atoms with Crippen LogP contribution in [0.5, 0.6) is 0 Å². The van der Waals surface area contributed by atoms with Crippen molar-refractivity contribution >= 4 is 17.3 Å². The third kappa shape index (κ3) is 4.15. The molecule has 0 saturated heterocycles. The second kappa shape index (κ2) is 8.06. The summed E-state index contributed by atoms with van der Waals surface area (Å²) >= 11 is 1.29. The lowest BCUT2D eigenvalue weighted by Crippen LogP contribution is -2.23. The number of aromatic nitrogens is 1. The average molecular weight is 318 g/mol.